The van der Waals surface area contributed by atoms with Crippen molar-refractivity contribution in [3.05, 3.63) is 11.8 Å². The minimum absolute atomic E-state index is 0.642. The zero-order valence-corrected chi connectivity index (χ0v) is 6.72. The molecule has 0 spiro atoms. The standard InChI is InChI=1S/C7H17N3/c1-6(2)3-7(4-8)5-10-9/h4,6,10H,3,5,8-9H2,1-2H3/b7-4-. The zero-order valence-electron chi connectivity index (χ0n) is 6.72. The molecule has 60 valence electrons. The second-order valence-corrected chi connectivity index (χ2v) is 2.80. The molecule has 0 rings (SSSR count). The van der Waals surface area contributed by atoms with E-state index in [0.717, 1.165) is 12.0 Å². The smallest absolute Gasteiger partial charge is 0.0325 e. The van der Waals surface area contributed by atoms with E-state index in [9.17, 15) is 0 Å². The van der Waals surface area contributed by atoms with Gasteiger partial charge in [-0.25, -0.2) is 0 Å². The lowest BCUT2D eigenvalue weighted by molar-refractivity contribution is 0.616. The van der Waals surface area contributed by atoms with E-state index in [4.69, 9.17) is 11.6 Å². The van der Waals surface area contributed by atoms with Gasteiger partial charge >= 0.3 is 0 Å². The van der Waals surface area contributed by atoms with Gasteiger partial charge in [0, 0.05) is 6.54 Å². The van der Waals surface area contributed by atoms with Crippen molar-refractivity contribution in [2.75, 3.05) is 6.54 Å². The molecule has 0 unspecified atom stereocenters. The maximum atomic E-state index is 5.35. The lowest BCUT2D eigenvalue weighted by Gasteiger charge is -2.07. The Morgan fingerprint density at radius 1 is 1.60 bits per heavy atom. The van der Waals surface area contributed by atoms with E-state index in [1.54, 1.807) is 6.20 Å². The molecule has 0 saturated carbocycles. The molecule has 0 heterocycles. The van der Waals surface area contributed by atoms with Crippen molar-refractivity contribution in [3.8, 4) is 0 Å². The summed E-state index contributed by atoms with van der Waals surface area (Å²) in [6.45, 7) is 4.99. The number of hydrazine groups is 1. The minimum Gasteiger partial charge on any atom is -0.405 e. The molecular formula is C7H17N3. The van der Waals surface area contributed by atoms with Gasteiger partial charge in [0.2, 0.25) is 0 Å². The molecule has 0 saturated heterocycles. The van der Waals surface area contributed by atoms with Gasteiger partial charge in [-0.05, 0) is 24.1 Å². The van der Waals surface area contributed by atoms with Crippen LogP contribution < -0.4 is 17.0 Å². The fraction of sp³-hybridized carbons (Fsp3) is 0.714. The minimum atomic E-state index is 0.642. The van der Waals surface area contributed by atoms with Gasteiger partial charge < -0.3 is 5.73 Å². The first kappa shape index (κ1) is 9.46. The summed E-state index contributed by atoms with van der Waals surface area (Å²) in [7, 11) is 0. The Morgan fingerprint density at radius 2 is 2.20 bits per heavy atom. The highest BCUT2D eigenvalue weighted by atomic mass is 15.2. The van der Waals surface area contributed by atoms with Crippen LogP contribution in [0.5, 0.6) is 0 Å². The molecule has 0 aliphatic heterocycles. The van der Waals surface area contributed by atoms with Crippen molar-refractivity contribution in [2.24, 2.45) is 17.5 Å². The van der Waals surface area contributed by atoms with Crippen LogP contribution in [0, 0.1) is 5.92 Å². The molecule has 5 N–H and O–H groups in total. The highest BCUT2D eigenvalue weighted by molar-refractivity contribution is 5.01. The van der Waals surface area contributed by atoms with Gasteiger partial charge in [-0.1, -0.05) is 13.8 Å². The SMILES string of the molecule is CC(C)C/C(=C/N)CNN. The van der Waals surface area contributed by atoms with Gasteiger partial charge in [-0.3, -0.25) is 11.3 Å². The normalized spacial score (nSPS) is 12.6. The third kappa shape index (κ3) is 4.35. The first-order chi connectivity index (χ1) is 4.70. The van der Waals surface area contributed by atoms with Crippen LogP contribution in [-0.2, 0) is 0 Å². The Bertz CT molecular complexity index is 107. The van der Waals surface area contributed by atoms with Crippen molar-refractivity contribution in [2.45, 2.75) is 20.3 Å². The van der Waals surface area contributed by atoms with Crippen LogP contribution in [-0.4, -0.2) is 6.54 Å². The average Bonchev–Trinajstić information content (AvgIpc) is 1.86. The predicted molar refractivity (Wildman–Crippen MR) is 43.9 cm³/mol. The number of hydrogen-bond acceptors (Lipinski definition) is 3. The van der Waals surface area contributed by atoms with Crippen molar-refractivity contribution in [1.29, 1.82) is 0 Å². The largest absolute Gasteiger partial charge is 0.405 e. The van der Waals surface area contributed by atoms with Crippen LogP contribution in [0.2, 0.25) is 0 Å². The Morgan fingerprint density at radius 3 is 2.50 bits per heavy atom. The van der Waals surface area contributed by atoms with Crippen molar-refractivity contribution in [3.63, 3.8) is 0 Å². The second kappa shape index (κ2) is 5.26. The van der Waals surface area contributed by atoms with E-state index < -0.39 is 0 Å². The summed E-state index contributed by atoms with van der Waals surface area (Å²) in [6, 6.07) is 0. The molecule has 0 aromatic heterocycles. The fourth-order valence-electron chi connectivity index (χ4n) is 0.855. The monoisotopic (exact) mass is 143 g/mol. The Labute approximate surface area is 62.4 Å². The lowest BCUT2D eigenvalue weighted by Crippen LogP contribution is -2.25. The molecule has 3 nitrogen and oxygen atoms in total. The molecule has 0 fully saturated rings. The topological polar surface area (TPSA) is 64.1 Å². The number of hydrogen-bond donors (Lipinski definition) is 3. The van der Waals surface area contributed by atoms with Gasteiger partial charge in [-0.15, -0.1) is 0 Å². The number of nitrogens with two attached hydrogens (primary N) is 2. The van der Waals surface area contributed by atoms with Crippen LogP contribution in [0.4, 0.5) is 0 Å². The van der Waals surface area contributed by atoms with Crippen LogP contribution in [0.15, 0.2) is 11.8 Å². The summed E-state index contributed by atoms with van der Waals surface area (Å²) in [4.78, 5) is 0. The second-order valence-electron chi connectivity index (χ2n) is 2.80. The molecular weight excluding hydrogens is 126 g/mol. The number of nitrogens with one attached hydrogen (secondary N) is 1. The predicted octanol–water partition coefficient (Wildman–Crippen LogP) is 0.338. The van der Waals surface area contributed by atoms with E-state index in [0.29, 0.717) is 12.5 Å². The molecule has 0 bridgehead atoms. The Kier molecular flexibility index (Phi) is 4.98. The van der Waals surface area contributed by atoms with E-state index in [-0.39, 0.29) is 0 Å². The van der Waals surface area contributed by atoms with Gasteiger partial charge in [0.15, 0.2) is 0 Å². The van der Waals surface area contributed by atoms with Crippen LogP contribution >= 0.6 is 0 Å². The van der Waals surface area contributed by atoms with E-state index >= 15 is 0 Å². The lowest BCUT2D eigenvalue weighted by atomic mass is 10.0. The first-order valence-electron chi connectivity index (χ1n) is 3.53. The summed E-state index contributed by atoms with van der Waals surface area (Å²) < 4.78 is 0. The number of rotatable bonds is 4. The molecule has 0 aromatic rings. The van der Waals surface area contributed by atoms with Gasteiger partial charge in [0.05, 0.1) is 0 Å². The highest BCUT2D eigenvalue weighted by Crippen LogP contribution is 2.07. The third-order valence-corrected chi connectivity index (χ3v) is 1.24. The summed E-state index contributed by atoms with van der Waals surface area (Å²) >= 11 is 0. The van der Waals surface area contributed by atoms with Crippen molar-refractivity contribution >= 4 is 0 Å². The van der Waals surface area contributed by atoms with Crippen LogP contribution in [0.3, 0.4) is 0 Å². The molecule has 10 heavy (non-hydrogen) atoms. The summed E-state index contributed by atoms with van der Waals surface area (Å²) in [5.41, 5.74) is 9.09. The van der Waals surface area contributed by atoms with E-state index in [1.165, 1.54) is 0 Å². The Hall–Kier alpha value is -0.540. The zero-order chi connectivity index (χ0) is 7.98. The quantitative estimate of drug-likeness (QED) is 0.393. The van der Waals surface area contributed by atoms with Crippen molar-refractivity contribution < 1.29 is 0 Å². The first-order valence-corrected chi connectivity index (χ1v) is 3.53. The summed E-state index contributed by atoms with van der Waals surface area (Å²) in [5, 5.41) is 0. The molecule has 0 aromatic carbocycles. The maximum absolute atomic E-state index is 5.35. The van der Waals surface area contributed by atoms with Gasteiger partial charge in [0.25, 0.3) is 0 Å². The summed E-state index contributed by atoms with van der Waals surface area (Å²) in [6.07, 6.45) is 2.64. The van der Waals surface area contributed by atoms with Gasteiger partial charge in [0.1, 0.15) is 0 Å². The van der Waals surface area contributed by atoms with E-state index in [1.807, 2.05) is 0 Å². The van der Waals surface area contributed by atoms with Gasteiger partial charge in [-0.2, -0.15) is 0 Å². The molecule has 0 atom stereocenters. The maximum Gasteiger partial charge on any atom is 0.0325 e. The average molecular weight is 143 g/mol. The highest BCUT2D eigenvalue weighted by Gasteiger charge is 1.98. The van der Waals surface area contributed by atoms with Crippen LogP contribution in [0.1, 0.15) is 20.3 Å². The molecule has 0 aliphatic rings. The van der Waals surface area contributed by atoms with Crippen LogP contribution in [0.25, 0.3) is 0 Å². The fourth-order valence-corrected chi connectivity index (χ4v) is 0.855. The molecule has 0 amide bonds. The molecule has 3 heteroatoms. The third-order valence-electron chi connectivity index (χ3n) is 1.24. The molecule has 0 radical (unpaired) electrons. The summed E-state index contributed by atoms with van der Waals surface area (Å²) in [5.74, 6) is 5.78. The Balaban J connectivity index is 3.62. The van der Waals surface area contributed by atoms with E-state index in [2.05, 4.69) is 19.3 Å². The van der Waals surface area contributed by atoms with Crippen molar-refractivity contribution in [1.82, 2.24) is 5.43 Å². The molecule has 0 aliphatic carbocycles.